The summed E-state index contributed by atoms with van der Waals surface area (Å²) in [5.74, 6) is -0.666. The smallest absolute Gasteiger partial charge is 0.426 e. The first kappa shape index (κ1) is 15.5. The maximum Gasteiger partial charge on any atom is 0.480 e. The zero-order valence-electron chi connectivity index (χ0n) is 12.7. The zero-order valence-corrected chi connectivity index (χ0v) is 12.7. The lowest BCUT2D eigenvalue weighted by Gasteiger charge is -2.32. The Morgan fingerprint density at radius 3 is 2.59 bits per heavy atom. The summed E-state index contributed by atoms with van der Waals surface area (Å²) >= 11 is 0. The number of rotatable bonds is 3. The minimum atomic E-state index is -1.59. The fourth-order valence-electron chi connectivity index (χ4n) is 3.84. The maximum absolute atomic E-state index is 12.8. The van der Waals surface area contributed by atoms with Gasteiger partial charge in [0.2, 0.25) is 5.91 Å². The van der Waals surface area contributed by atoms with E-state index in [1.165, 1.54) is 11.3 Å². The highest BCUT2D eigenvalue weighted by Gasteiger charge is 2.43. The third-order valence-corrected chi connectivity index (χ3v) is 5.06. The number of nitrogens with two attached hydrogens (primary N) is 1. The van der Waals surface area contributed by atoms with E-state index in [1.54, 1.807) is 0 Å². The molecule has 5 nitrogen and oxygen atoms in total. The molecule has 1 amide bonds. The van der Waals surface area contributed by atoms with Gasteiger partial charge in [0, 0.05) is 6.54 Å². The molecule has 0 aromatic heterocycles. The number of nitrogens with zero attached hydrogens (tertiary/aromatic N) is 1. The van der Waals surface area contributed by atoms with Crippen LogP contribution in [0.3, 0.4) is 0 Å². The highest BCUT2D eigenvalue weighted by atomic mass is 16.4. The average Bonchev–Trinajstić information content (AvgIpc) is 2.94. The van der Waals surface area contributed by atoms with Crippen LogP contribution in [0.1, 0.15) is 49.2 Å². The van der Waals surface area contributed by atoms with E-state index < -0.39 is 19.1 Å². The maximum atomic E-state index is 12.8. The van der Waals surface area contributed by atoms with Gasteiger partial charge in [0.1, 0.15) is 0 Å². The van der Waals surface area contributed by atoms with Crippen molar-refractivity contribution in [3.63, 3.8) is 0 Å². The molecular formula is C16H23BN2O3. The molecule has 6 heteroatoms. The predicted molar refractivity (Wildman–Crippen MR) is 84.5 cm³/mol. The Bertz CT molecular complexity index is 546. The summed E-state index contributed by atoms with van der Waals surface area (Å²) in [4.78, 5) is 14.3. The van der Waals surface area contributed by atoms with Crippen molar-refractivity contribution in [1.29, 1.82) is 0 Å². The van der Waals surface area contributed by atoms with Crippen LogP contribution in [0.4, 0.5) is 0 Å². The zero-order chi connectivity index (χ0) is 15.7. The van der Waals surface area contributed by atoms with Crippen LogP contribution in [-0.4, -0.2) is 34.0 Å². The number of carbonyl (C=O) groups is 1. The summed E-state index contributed by atoms with van der Waals surface area (Å²) in [6.45, 7) is 0.401. The molecule has 3 rings (SSSR count). The fourth-order valence-corrected chi connectivity index (χ4v) is 3.84. The van der Waals surface area contributed by atoms with E-state index in [-0.39, 0.29) is 11.8 Å². The molecule has 1 unspecified atom stereocenters. The van der Waals surface area contributed by atoms with Gasteiger partial charge in [0.25, 0.3) is 0 Å². The molecule has 4 N–H and O–H groups in total. The molecule has 1 aliphatic carbocycles. The molecule has 118 valence electrons. The number of benzene rings is 1. The van der Waals surface area contributed by atoms with Crippen molar-refractivity contribution in [2.75, 3.05) is 0 Å². The first-order valence-electron chi connectivity index (χ1n) is 8.09. The topological polar surface area (TPSA) is 86.8 Å². The summed E-state index contributed by atoms with van der Waals surface area (Å²) in [6.07, 6.45) is 5.43. The van der Waals surface area contributed by atoms with Crippen molar-refractivity contribution in [2.24, 2.45) is 11.7 Å². The van der Waals surface area contributed by atoms with Gasteiger partial charge in [-0.3, -0.25) is 4.79 Å². The molecule has 1 aromatic carbocycles. The molecule has 1 heterocycles. The van der Waals surface area contributed by atoms with Gasteiger partial charge in [0.15, 0.2) is 0 Å². The molecule has 1 aliphatic heterocycles. The van der Waals surface area contributed by atoms with E-state index >= 15 is 0 Å². The van der Waals surface area contributed by atoms with Crippen LogP contribution < -0.4 is 5.73 Å². The second-order valence-corrected chi connectivity index (χ2v) is 6.45. The molecule has 1 saturated carbocycles. The molecule has 2 atom stereocenters. The van der Waals surface area contributed by atoms with Crippen LogP contribution in [-0.2, 0) is 11.3 Å². The number of hydrogen-bond acceptors (Lipinski definition) is 4. The Hall–Kier alpha value is -1.37. The fraction of sp³-hybridized carbons (Fsp3) is 0.562. The first-order chi connectivity index (χ1) is 10.6. The van der Waals surface area contributed by atoms with Crippen LogP contribution in [0, 0.1) is 5.92 Å². The van der Waals surface area contributed by atoms with Gasteiger partial charge in [0.05, 0.1) is 12.0 Å². The summed E-state index contributed by atoms with van der Waals surface area (Å²) < 4.78 is 0. The Morgan fingerprint density at radius 1 is 1.23 bits per heavy atom. The van der Waals surface area contributed by atoms with Crippen LogP contribution in [0.2, 0.25) is 0 Å². The van der Waals surface area contributed by atoms with Gasteiger partial charge in [-0.1, -0.05) is 43.5 Å². The second kappa shape index (κ2) is 6.40. The molecule has 22 heavy (non-hydrogen) atoms. The quantitative estimate of drug-likeness (QED) is 0.727. The monoisotopic (exact) mass is 302 g/mol. The number of hydrogen-bond donors (Lipinski definition) is 3. The van der Waals surface area contributed by atoms with E-state index in [2.05, 4.69) is 0 Å². The summed E-state index contributed by atoms with van der Waals surface area (Å²) in [5, 5.41) is 19.5. The number of amides is 1. The van der Waals surface area contributed by atoms with E-state index in [4.69, 9.17) is 5.73 Å². The summed E-state index contributed by atoms with van der Waals surface area (Å²) in [5.41, 5.74) is 7.98. The van der Waals surface area contributed by atoms with Crippen LogP contribution in [0.25, 0.3) is 0 Å². The van der Waals surface area contributed by atoms with Gasteiger partial charge in [-0.15, -0.1) is 0 Å². The average molecular weight is 302 g/mol. The van der Waals surface area contributed by atoms with Crippen LogP contribution >= 0.6 is 0 Å². The van der Waals surface area contributed by atoms with Gasteiger partial charge >= 0.3 is 7.12 Å². The van der Waals surface area contributed by atoms with Crippen LogP contribution in [0.15, 0.2) is 24.3 Å². The summed E-state index contributed by atoms with van der Waals surface area (Å²) in [6, 6.07) is 6.97. The van der Waals surface area contributed by atoms with Crippen molar-refractivity contribution in [3.05, 3.63) is 35.4 Å². The van der Waals surface area contributed by atoms with Crippen molar-refractivity contribution >= 4 is 13.0 Å². The van der Waals surface area contributed by atoms with Gasteiger partial charge in [-0.05, 0) is 29.9 Å². The minimum absolute atomic E-state index is 0.166. The molecule has 0 saturated heterocycles. The molecule has 2 aliphatic rings. The Balaban J connectivity index is 1.80. The standard InChI is InChI=1S/C16H23BN2O3/c18-14(11-6-2-1-3-7-11)16(20)19-10-12-8-4-5-9-13(12)15(19)17(21)22/h4-5,8-9,11,14-15,21-22H,1-3,6-7,10,18H2/t14?,15-/m0/s1. The van der Waals surface area contributed by atoms with E-state index in [0.29, 0.717) is 6.54 Å². The molecule has 0 radical (unpaired) electrons. The van der Waals surface area contributed by atoms with Gasteiger partial charge in [-0.25, -0.2) is 0 Å². The number of carbonyl (C=O) groups excluding carboxylic acids is 1. The third kappa shape index (κ3) is 2.78. The lowest BCUT2D eigenvalue weighted by molar-refractivity contribution is -0.135. The molecular weight excluding hydrogens is 279 g/mol. The predicted octanol–water partition coefficient (Wildman–Crippen LogP) is 0.989. The van der Waals surface area contributed by atoms with E-state index in [9.17, 15) is 14.8 Å². The van der Waals surface area contributed by atoms with Gasteiger partial charge < -0.3 is 20.7 Å². The van der Waals surface area contributed by atoms with Crippen molar-refractivity contribution < 1.29 is 14.8 Å². The molecule has 0 bridgehead atoms. The molecule has 0 spiro atoms. The highest BCUT2D eigenvalue weighted by molar-refractivity contribution is 6.43. The van der Waals surface area contributed by atoms with Crippen molar-refractivity contribution in [2.45, 2.75) is 50.6 Å². The summed E-state index contributed by atoms with van der Waals surface area (Å²) in [7, 11) is -1.59. The third-order valence-electron chi connectivity index (χ3n) is 5.06. The largest absolute Gasteiger partial charge is 0.480 e. The van der Waals surface area contributed by atoms with Crippen molar-refractivity contribution in [1.82, 2.24) is 4.90 Å². The number of fused-ring (bicyclic) bond motifs is 1. The van der Waals surface area contributed by atoms with E-state index in [0.717, 1.165) is 36.8 Å². The highest BCUT2D eigenvalue weighted by Crippen LogP contribution is 2.36. The Kier molecular flexibility index (Phi) is 4.52. The minimum Gasteiger partial charge on any atom is -0.426 e. The van der Waals surface area contributed by atoms with Crippen LogP contribution in [0.5, 0.6) is 0 Å². The Morgan fingerprint density at radius 2 is 1.91 bits per heavy atom. The van der Waals surface area contributed by atoms with Gasteiger partial charge in [-0.2, -0.15) is 0 Å². The first-order valence-corrected chi connectivity index (χ1v) is 8.09. The molecule has 1 aromatic rings. The Labute approximate surface area is 131 Å². The normalized spacial score (nSPS) is 23.2. The second-order valence-electron chi connectivity index (χ2n) is 6.45. The van der Waals surface area contributed by atoms with E-state index in [1.807, 2.05) is 24.3 Å². The lowest BCUT2D eigenvalue weighted by Crippen LogP contribution is -2.50. The molecule has 1 fully saturated rings. The SMILES string of the molecule is NC(C(=O)N1Cc2ccccc2[C@H]1B(O)O)C1CCCCC1. The van der Waals surface area contributed by atoms with Crippen molar-refractivity contribution in [3.8, 4) is 0 Å². The lowest BCUT2D eigenvalue weighted by atomic mass is 9.74.